The zero-order valence-electron chi connectivity index (χ0n) is 21.2. The topological polar surface area (TPSA) is 191 Å². The van der Waals surface area contributed by atoms with E-state index in [9.17, 15) is 39.2 Å². The lowest BCUT2D eigenvalue weighted by Gasteiger charge is -2.23. The molecule has 0 radical (unpaired) electrons. The van der Waals surface area contributed by atoms with Gasteiger partial charge in [0.2, 0.25) is 12.2 Å². The van der Waals surface area contributed by atoms with Gasteiger partial charge >= 0.3 is 17.9 Å². The SMILES string of the molecule is Cc1ccc(C(=O)O[C@H](C(=O)NNC(=O)c2ccc([N+](=O)[O-])cc2)[C@@H](OC(=O)c2ccc(C)cc2)C(=O)O)cc1. The second-order valence-corrected chi connectivity index (χ2v) is 8.47. The van der Waals surface area contributed by atoms with E-state index in [1.54, 1.807) is 38.1 Å². The van der Waals surface area contributed by atoms with Crippen molar-refractivity contribution in [2.45, 2.75) is 26.1 Å². The number of carboxylic acid groups (broad SMARTS) is 1. The average Bonchev–Trinajstić information content (AvgIpc) is 2.93. The number of ether oxygens (including phenoxy) is 2. The van der Waals surface area contributed by atoms with E-state index in [1.165, 1.54) is 24.3 Å². The number of hydrogen-bond donors (Lipinski definition) is 3. The minimum Gasteiger partial charge on any atom is -0.478 e. The lowest BCUT2D eigenvalue weighted by Crippen LogP contribution is -2.54. The number of carbonyl (C=O) groups is 5. The largest absolute Gasteiger partial charge is 0.478 e. The average molecular weight is 549 g/mol. The van der Waals surface area contributed by atoms with Crippen LogP contribution in [-0.4, -0.2) is 52.0 Å². The van der Waals surface area contributed by atoms with Gasteiger partial charge < -0.3 is 14.6 Å². The highest BCUT2D eigenvalue weighted by atomic mass is 16.6. The molecule has 13 heteroatoms. The summed E-state index contributed by atoms with van der Waals surface area (Å²) < 4.78 is 10.2. The molecule has 0 unspecified atom stereocenters. The highest BCUT2D eigenvalue weighted by molar-refractivity contribution is 5.99. The summed E-state index contributed by atoms with van der Waals surface area (Å²) in [6.45, 7) is 3.54. The fourth-order valence-corrected chi connectivity index (χ4v) is 3.24. The lowest BCUT2D eigenvalue weighted by molar-refractivity contribution is -0.384. The van der Waals surface area contributed by atoms with Crippen LogP contribution in [0.15, 0.2) is 72.8 Å². The third kappa shape index (κ3) is 7.47. The molecule has 2 amide bonds. The molecular weight excluding hydrogens is 526 g/mol. The van der Waals surface area contributed by atoms with Crippen molar-refractivity contribution in [2.75, 3.05) is 0 Å². The monoisotopic (exact) mass is 549 g/mol. The Morgan fingerprint density at radius 2 is 1.12 bits per heavy atom. The Hall–Kier alpha value is -5.59. The Morgan fingerprint density at radius 1 is 0.700 bits per heavy atom. The van der Waals surface area contributed by atoms with Gasteiger partial charge in [-0.3, -0.25) is 30.6 Å². The van der Waals surface area contributed by atoms with Crippen molar-refractivity contribution < 1.29 is 43.5 Å². The van der Waals surface area contributed by atoms with Gasteiger partial charge in [-0.05, 0) is 50.2 Å². The van der Waals surface area contributed by atoms with Crippen molar-refractivity contribution >= 4 is 35.4 Å². The third-order valence-corrected chi connectivity index (χ3v) is 5.46. The first-order valence-electron chi connectivity index (χ1n) is 11.6. The van der Waals surface area contributed by atoms with Crippen molar-refractivity contribution in [1.82, 2.24) is 10.9 Å². The molecule has 0 spiro atoms. The number of aryl methyl sites for hydroxylation is 2. The predicted octanol–water partition coefficient (Wildman–Crippen LogP) is 2.51. The normalized spacial score (nSPS) is 11.8. The van der Waals surface area contributed by atoms with Crippen LogP contribution in [0.2, 0.25) is 0 Å². The van der Waals surface area contributed by atoms with Crippen LogP contribution in [0.1, 0.15) is 42.2 Å². The number of benzene rings is 3. The summed E-state index contributed by atoms with van der Waals surface area (Å²) in [4.78, 5) is 73.0. The molecule has 206 valence electrons. The molecule has 0 aliphatic heterocycles. The van der Waals surface area contributed by atoms with Gasteiger partial charge in [0.15, 0.2) is 0 Å². The molecule has 0 saturated carbocycles. The Balaban J connectivity index is 1.83. The zero-order chi connectivity index (χ0) is 29.4. The molecule has 40 heavy (non-hydrogen) atoms. The first kappa shape index (κ1) is 29.0. The molecule has 0 fully saturated rings. The number of esters is 2. The van der Waals surface area contributed by atoms with Crippen LogP contribution >= 0.6 is 0 Å². The molecule has 3 aromatic rings. The standard InChI is InChI=1S/C27H23N3O10/c1-15-3-7-18(8-4-15)26(35)39-21(22(25(33)34)40-27(36)19-9-5-16(2)6-10-19)24(32)29-28-23(31)17-11-13-20(14-12-17)30(37)38/h3-14,21-22H,1-2H3,(H,28,31)(H,29,32)(H,33,34)/t21-,22+/m0/s1. The van der Waals surface area contributed by atoms with Gasteiger partial charge in [0.05, 0.1) is 16.1 Å². The molecule has 3 N–H and O–H groups in total. The van der Waals surface area contributed by atoms with Crippen LogP contribution in [0.4, 0.5) is 5.69 Å². The number of nitrogens with one attached hydrogen (secondary N) is 2. The van der Waals surface area contributed by atoms with Crippen molar-refractivity contribution in [3.63, 3.8) is 0 Å². The van der Waals surface area contributed by atoms with E-state index in [0.29, 0.717) is 0 Å². The van der Waals surface area contributed by atoms with Crippen LogP contribution in [0, 0.1) is 24.0 Å². The van der Waals surface area contributed by atoms with Gasteiger partial charge in [-0.15, -0.1) is 0 Å². The van der Waals surface area contributed by atoms with Crippen molar-refractivity contribution in [1.29, 1.82) is 0 Å². The maximum Gasteiger partial charge on any atom is 0.349 e. The molecular formula is C27H23N3O10. The molecule has 3 aromatic carbocycles. The maximum absolute atomic E-state index is 13.0. The minimum absolute atomic E-state index is 0.0210. The Morgan fingerprint density at radius 3 is 1.55 bits per heavy atom. The van der Waals surface area contributed by atoms with Gasteiger partial charge in [0.25, 0.3) is 17.5 Å². The Kier molecular flexibility index (Phi) is 9.25. The van der Waals surface area contributed by atoms with E-state index in [1.807, 2.05) is 10.9 Å². The van der Waals surface area contributed by atoms with Gasteiger partial charge in [-0.2, -0.15) is 0 Å². The van der Waals surface area contributed by atoms with Gasteiger partial charge in [0.1, 0.15) is 0 Å². The summed E-state index contributed by atoms with van der Waals surface area (Å²) in [6, 6.07) is 16.3. The molecule has 0 bridgehead atoms. The number of nitrogens with zero attached hydrogens (tertiary/aromatic N) is 1. The van der Waals surface area contributed by atoms with Crippen LogP contribution in [0.5, 0.6) is 0 Å². The van der Waals surface area contributed by atoms with Gasteiger partial charge in [0, 0.05) is 17.7 Å². The summed E-state index contributed by atoms with van der Waals surface area (Å²) in [5, 5.41) is 20.6. The number of hydrogen-bond acceptors (Lipinski definition) is 9. The van der Waals surface area contributed by atoms with E-state index >= 15 is 0 Å². The first-order valence-corrected chi connectivity index (χ1v) is 11.6. The summed E-state index contributed by atoms with van der Waals surface area (Å²) in [7, 11) is 0. The van der Waals surface area contributed by atoms with Gasteiger partial charge in [-0.25, -0.2) is 14.4 Å². The highest BCUT2D eigenvalue weighted by Crippen LogP contribution is 2.15. The molecule has 0 aliphatic rings. The van der Waals surface area contributed by atoms with Crippen molar-refractivity contribution in [3.05, 3.63) is 111 Å². The molecule has 0 saturated heterocycles. The van der Waals surface area contributed by atoms with Crippen molar-refractivity contribution in [3.8, 4) is 0 Å². The Bertz CT molecular complexity index is 1430. The minimum atomic E-state index is -2.31. The summed E-state index contributed by atoms with van der Waals surface area (Å²) in [6.07, 6.45) is -4.54. The van der Waals surface area contributed by atoms with Crippen LogP contribution in [0.3, 0.4) is 0 Å². The summed E-state index contributed by atoms with van der Waals surface area (Å²) >= 11 is 0. The highest BCUT2D eigenvalue weighted by Gasteiger charge is 2.41. The van der Waals surface area contributed by atoms with E-state index in [2.05, 4.69) is 0 Å². The fraction of sp³-hybridized carbons (Fsp3) is 0.148. The molecule has 0 aliphatic carbocycles. The lowest BCUT2D eigenvalue weighted by atomic mass is 10.1. The number of carboxylic acids is 1. The maximum atomic E-state index is 13.0. The van der Waals surface area contributed by atoms with E-state index in [4.69, 9.17) is 9.47 Å². The van der Waals surface area contributed by atoms with Crippen LogP contribution < -0.4 is 10.9 Å². The summed E-state index contributed by atoms with van der Waals surface area (Å²) in [5.74, 6) is -6.26. The molecule has 13 nitrogen and oxygen atoms in total. The molecule has 2 atom stereocenters. The molecule has 0 heterocycles. The number of aliphatic carboxylic acids is 1. The first-order chi connectivity index (χ1) is 19.0. The second kappa shape index (κ2) is 12.8. The quantitative estimate of drug-likeness (QED) is 0.203. The number of rotatable bonds is 9. The molecule has 0 aromatic heterocycles. The number of amides is 2. The fourth-order valence-electron chi connectivity index (χ4n) is 3.24. The predicted molar refractivity (Wildman–Crippen MR) is 137 cm³/mol. The van der Waals surface area contributed by atoms with Crippen LogP contribution in [-0.2, 0) is 19.1 Å². The summed E-state index contributed by atoms with van der Waals surface area (Å²) in [5.41, 5.74) is 5.17. The van der Waals surface area contributed by atoms with Gasteiger partial charge in [-0.1, -0.05) is 35.4 Å². The number of carbonyl (C=O) groups excluding carboxylic acids is 4. The van der Waals surface area contributed by atoms with E-state index in [-0.39, 0.29) is 22.4 Å². The van der Waals surface area contributed by atoms with E-state index < -0.39 is 46.9 Å². The van der Waals surface area contributed by atoms with E-state index in [0.717, 1.165) is 35.4 Å². The number of nitro groups is 1. The number of hydrazine groups is 1. The smallest absolute Gasteiger partial charge is 0.349 e. The van der Waals surface area contributed by atoms with Crippen molar-refractivity contribution in [2.24, 2.45) is 0 Å². The van der Waals surface area contributed by atoms with Crippen LogP contribution in [0.25, 0.3) is 0 Å². The second-order valence-electron chi connectivity index (χ2n) is 8.47. The zero-order valence-corrected chi connectivity index (χ0v) is 21.2. The number of nitro benzene ring substituents is 1. The Labute approximate surface area is 226 Å². The number of non-ortho nitro benzene ring substituents is 1. The molecule has 3 rings (SSSR count). The third-order valence-electron chi connectivity index (χ3n) is 5.46.